The van der Waals surface area contributed by atoms with Gasteiger partial charge < -0.3 is 10.1 Å². The Morgan fingerprint density at radius 2 is 1.93 bits per heavy atom. The van der Waals surface area contributed by atoms with Crippen molar-refractivity contribution in [1.29, 1.82) is 0 Å². The van der Waals surface area contributed by atoms with Gasteiger partial charge in [-0.1, -0.05) is 39.8 Å². The summed E-state index contributed by atoms with van der Waals surface area (Å²) in [5.41, 5.74) is 1.85. The Hall–Kier alpha value is -2.32. The Balaban J connectivity index is 1.39. The second-order valence-corrected chi connectivity index (χ2v) is 8.47. The molecule has 1 aromatic heterocycles. The van der Waals surface area contributed by atoms with E-state index in [9.17, 15) is 4.79 Å². The Bertz CT molecular complexity index is 969. The van der Waals surface area contributed by atoms with Crippen LogP contribution in [0.4, 0.5) is 0 Å². The molecule has 0 unspecified atom stereocenters. The summed E-state index contributed by atoms with van der Waals surface area (Å²) >= 11 is 4.82. The first kappa shape index (κ1) is 19.0. The average molecular weight is 459 g/mol. The van der Waals surface area contributed by atoms with Gasteiger partial charge in [-0.15, -0.1) is 10.2 Å². The highest BCUT2D eigenvalue weighted by molar-refractivity contribution is 9.10. The van der Waals surface area contributed by atoms with E-state index in [1.54, 1.807) is 13.4 Å². The molecule has 0 bridgehead atoms. The van der Waals surface area contributed by atoms with Gasteiger partial charge in [0.05, 0.1) is 18.4 Å². The largest absolute Gasteiger partial charge is 0.497 e. The third-order valence-corrected chi connectivity index (χ3v) is 6.20. The van der Waals surface area contributed by atoms with Crippen molar-refractivity contribution in [2.24, 2.45) is 0 Å². The number of rotatable bonds is 7. The average Bonchev–Trinajstić information content (AvgIpc) is 3.33. The molecule has 1 aliphatic carbocycles. The minimum atomic E-state index is -0.220. The molecular formula is C20H19BrN4O2S. The molecule has 1 N–H and O–H groups in total. The van der Waals surface area contributed by atoms with Gasteiger partial charge in [0.25, 0.3) is 0 Å². The first-order valence-electron chi connectivity index (χ1n) is 8.84. The van der Waals surface area contributed by atoms with Gasteiger partial charge in [-0.3, -0.25) is 9.36 Å². The molecule has 4 rings (SSSR count). The first-order valence-corrected chi connectivity index (χ1v) is 10.6. The van der Waals surface area contributed by atoms with Gasteiger partial charge in [0.2, 0.25) is 5.91 Å². The van der Waals surface area contributed by atoms with Crippen LogP contribution in [0.15, 0.2) is 64.5 Å². The zero-order valence-electron chi connectivity index (χ0n) is 15.3. The van der Waals surface area contributed by atoms with Gasteiger partial charge in [0.15, 0.2) is 5.16 Å². The summed E-state index contributed by atoms with van der Waals surface area (Å²) in [6, 6.07) is 15.8. The number of halogens is 1. The van der Waals surface area contributed by atoms with Crippen LogP contribution in [0.3, 0.4) is 0 Å². The van der Waals surface area contributed by atoms with E-state index in [4.69, 9.17) is 4.74 Å². The Morgan fingerprint density at radius 3 is 2.57 bits per heavy atom. The lowest BCUT2D eigenvalue weighted by atomic mass is 10.1. The number of ether oxygens (including phenoxy) is 1. The normalized spacial score (nSPS) is 14.5. The van der Waals surface area contributed by atoms with Gasteiger partial charge >= 0.3 is 0 Å². The van der Waals surface area contributed by atoms with E-state index in [2.05, 4.69) is 43.6 Å². The molecule has 2 aromatic carbocycles. The van der Waals surface area contributed by atoms with E-state index in [-0.39, 0.29) is 17.2 Å². The Labute approximate surface area is 175 Å². The van der Waals surface area contributed by atoms with Crippen molar-refractivity contribution in [3.05, 3.63) is 64.9 Å². The maximum atomic E-state index is 12.6. The molecule has 1 amide bonds. The fraction of sp³-hybridized carbons (Fsp3) is 0.250. The summed E-state index contributed by atoms with van der Waals surface area (Å²) in [7, 11) is 1.63. The molecule has 6 nitrogen and oxygen atoms in total. The summed E-state index contributed by atoms with van der Waals surface area (Å²) in [6.07, 6.45) is 3.58. The van der Waals surface area contributed by atoms with E-state index in [0.29, 0.717) is 5.16 Å². The molecule has 144 valence electrons. The van der Waals surface area contributed by atoms with Gasteiger partial charge in [-0.05, 0) is 54.8 Å². The van der Waals surface area contributed by atoms with Crippen molar-refractivity contribution in [1.82, 2.24) is 20.1 Å². The van der Waals surface area contributed by atoms with Crippen molar-refractivity contribution in [3.8, 4) is 11.4 Å². The fourth-order valence-electron chi connectivity index (χ4n) is 3.06. The van der Waals surface area contributed by atoms with Crippen LogP contribution in [0.5, 0.6) is 5.75 Å². The summed E-state index contributed by atoms with van der Waals surface area (Å²) in [6.45, 7) is 0. The summed E-state index contributed by atoms with van der Waals surface area (Å²) in [5, 5.41) is 12.0. The Morgan fingerprint density at radius 1 is 1.21 bits per heavy atom. The maximum absolute atomic E-state index is 12.6. The van der Waals surface area contributed by atoms with Crippen LogP contribution in [-0.2, 0) is 10.3 Å². The monoisotopic (exact) mass is 458 g/mol. The number of carbonyl (C=O) groups excluding carboxylic acids is 1. The molecule has 1 heterocycles. The van der Waals surface area contributed by atoms with Crippen molar-refractivity contribution >= 4 is 33.6 Å². The van der Waals surface area contributed by atoms with Gasteiger partial charge in [-0.2, -0.15) is 0 Å². The number of hydrogen-bond donors (Lipinski definition) is 1. The molecule has 8 heteroatoms. The molecule has 1 aliphatic rings. The molecule has 1 saturated carbocycles. The zero-order valence-corrected chi connectivity index (χ0v) is 17.7. The van der Waals surface area contributed by atoms with Crippen molar-refractivity contribution in [2.45, 2.75) is 23.5 Å². The maximum Gasteiger partial charge on any atom is 0.231 e. The lowest BCUT2D eigenvalue weighted by Gasteiger charge is -2.18. The van der Waals surface area contributed by atoms with Crippen LogP contribution in [0.25, 0.3) is 5.69 Å². The second kappa shape index (κ2) is 7.97. The van der Waals surface area contributed by atoms with E-state index in [1.807, 2.05) is 41.0 Å². The van der Waals surface area contributed by atoms with Crippen molar-refractivity contribution < 1.29 is 9.53 Å². The molecule has 0 saturated heterocycles. The van der Waals surface area contributed by atoms with E-state index >= 15 is 0 Å². The van der Waals surface area contributed by atoms with Crippen molar-refractivity contribution in [3.63, 3.8) is 0 Å². The quantitative estimate of drug-likeness (QED) is 0.543. The van der Waals surface area contributed by atoms with Crippen LogP contribution < -0.4 is 10.1 Å². The number of nitrogens with zero attached hydrogens (tertiary/aromatic N) is 3. The standard InChI is InChI=1S/C20H19BrN4O2S/c1-27-17-8-6-16(7-9-17)25-13-22-24-19(25)28-12-18(26)23-20(10-11-20)14-2-4-15(21)5-3-14/h2-9,13H,10-12H2,1H3,(H,23,26). The first-order chi connectivity index (χ1) is 13.6. The van der Waals surface area contributed by atoms with E-state index < -0.39 is 0 Å². The molecule has 28 heavy (non-hydrogen) atoms. The third-order valence-electron chi connectivity index (χ3n) is 4.72. The van der Waals surface area contributed by atoms with Crippen molar-refractivity contribution in [2.75, 3.05) is 12.9 Å². The van der Waals surface area contributed by atoms with Gasteiger partial charge in [-0.25, -0.2) is 0 Å². The molecule has 0 radical (unpaired) electrons. The predicted molar refractivity (Wildman–Crippen MR) is 112 cm³/mol. The molecule has 0 atom stereocenters. The number of thioether (sulfide) groups is 1. The Kier molecular flexibility index (Phi) is 5.41. The molecule has 3 aromatic rings. The third kappa shape index (κ3) is 4.07. The molecule has 1 fully saturated rings. The highest BCUT2D eigenvalue weighted by atomic mass is 79.9. The number of aromatic nitrogens is 3. The topological polar surface area (TPSA) is 69.0 Å². The van der Waals surface area contributed by atoms with Crippen LogP contribution in [0.1, 0.15) is 18.4 Å². The van der Waals surface area contributed by atoms with E-state index in [1.165, 1.54) is 11.8 Å². The predicted octanol–water partition coefficient (Wildman–Crippen LogP) is 3.94. The zero-order chi connectivity index (χ0) is 19.6. The van der Waals surface area contributed by atoms with Gasteiger partial charge in [0, 0.05) is 10.2 Å². The van der Waals surface area contributed by atoms with Crippen LogP contribution >= 0.6 is 27.7 Å². The van der Waals surface area contributed by atoms with Gasteiger partial charge in [0.1, 0.15) is 12.1 Å². The lowest BCUT2D eigenvalue weighted by molar-refractivity contribution is -0.119. The number of benzene rings is 2. The smallest absolute Gasteiger partial charge is 0.231 e. The van der Waals surface area contributed by atoms with Crippen LogP contribution in [0.2, 0.25) is 0 Å². The number of methoxy groups -OCH3 is 1. The highest BCUT2D eigenvalue weighted by Gasteiger charge is 2.45. The number of carbonyl (C=O) groups is 1. The van der Waals surface area contributed by atoms with E-state index in [0.717, 1.165) is 34.3 Å². The second-order valence-electron chi connectivity index (χ2n) is 6.61. The summed E-state index contributed by atoms with van der Waals surface area (Å²) < 4.78 is 8.08. The SMILES string of the molecule is COc1ccc(-n2cnnc2SCC(=O)NC2(c3ccc(Br)cc3)CC2)cc1. The molecule has 0 aliphatic heterocycles. The number of hydrogen-bond acceptors (Lipinski definition) is 5. The summed E-state index contributed by atoms with van der Waals surface area (Å²) in [4.78, 5) is 12.6. The van der Waals surface area contributed by atoms with Crippen LogP contribution in [0, 0.1) is 0 Å². The lowest BCUT2D eigenvalue weighted by Crippen LogP contribution is -2.36. The fourth-order valence-corrected chi connectivity index (χ4v) is 4.05. The molecular weight excluding hydrogens is 440 g/mol. The number of nitrogens with one attached hydrogen (secondary N) is 1. The minimum Gasteiger partial charge on any atom is -0.497 e. The number of amides is 1. The molecule has 0 spiro atoms. The highest BCUT2D eigenvalue weighted by Crippen LogP contribution is 2.45. The van der Waals surface area contributed by atoms with Crippen LogP contribution in [-0.4, -0.2) is 33.5 Å². The minimum absolute atomic E-state index is 0.00491. The summed E-state index contributed by atoms with van der Waals surface area (Å²) in [5.74, 6) is 1.07.